The second-order valence-electron chi connectivity index (χ2n) is 4.79. The number of nitrogens with one attached hydrogen (secondary N) is 1. The summed E-state index contributed by atoms with van der Waals surface area (Å²) >= 11 is 0. The number of rotatable bonds is 2. The summed E-state index contributed by atoms with van der Waals surface area (Å²) in [5, 5.41) is 26.7. The zero-order chi connectivity index (χ0) is 13.6. The van der Waals surface area contributed by atoms with Gasteiger partial charge in [0.2, 0.25) is 5.95 Å². The van der Waals surface area contributed by atoms with E-state index in [4.69, 9.17) is 10.8 Å². The van der Waals surface area contributed by atoms with Crippen LogP contribution in [0.5, 0.6) is 0 Å². The van der Waals surface area contributed by atoms with Gasteiger partial charge in [-0.1, -0.05) is 5.21 Å². The number of aliphatic hydroxyl groups is 2. The lowest BCUT2D eigenvalue weighted by atomic mass is 10.1. The van der Waals surface area contributed by atoms with Gasteiger partial charge in [0.1, 0.15) is 0 Å². The Kier molecular flexibility index (Phi) is 2.72. The van der Waals surface area contributed by atoms with Gasteiger partial charge >= 0.3 is 0 Å². The van der Waals surface area contributed by atoms with Gasteiger partial charge < -0.3 is 15.9 Å². The molecule has 9 heteroatoms. The summed E-state index contributed by atoms with van der Waals surface area (Å²) < 4.78 is 1.50. The van der Waals surface area contributed by atoms with Gasteiger partial charge in [-0.15, -0.1) is 5.10 Å². The molecule has 1 saturated carbocycles. The molecule has 0 aliphatic heterocycles. The zero-order valence-electron chi connectivity index (χ0n) is 10.0. The Morgan fingerprint density at radius 3 is 2.95 bits per heavy atom. The number of aromatic nitrogens is 5. The number of hydrogen-bond acceptors (Lipinski definition) is 7. The summed E-state index contributed by atoms with van der Waals surface area (Å²) in [6, 6.07) is -0.147. The molecule has 0 unspecified atom stereocenters. The standard InChI is InChI=1S/C10H14N6O3/c11-10-12-8-7(9(19)13-10)14-15-16(8)5-1-4(3-17)6(18)2-5/h4-6,17-18H,1-3H2,(H3,11,12,13,19)/t4-,5-,6+/m0/s1. The van der Waals surface area contributed by atoms with Crippen molar-refractivity contribution in [3.8, 4) is 0 Å². The van der Waals surface area contributed by atoms with Crippen LogP contribution >= 0.6 is 0 Å². The van der Waals surface area contributed by atoms with Crippen molar-refractivity contribution in [1.29, 1.82) is 0 Å². The van der Waals surface area contributed by atoms with Crippen molar-refractivity contribution < 1.29 is 10.2 Å². The number of nitrogens with two attached hydrogens (primary N) is 1. The molecule has 0 saturated heterocycles. The second-order valence-corrected chi connectivity index (χ2v) is 4.79. The van der Waals surface area contributed by atoms with Crippen LogP contribution in [0.4, 0.5) is 5.95 Å². The Bertz CT molecular complexity index is 665. The summed E-state index contributed by atoms with van der Waals surface area (Å²) in [5.74, 6) is -0.193. The number of fused-ring (bicyclic) bond motifs is 1. The summed E-state index contributed by atoms with van der Waals surface area (Å²) in [5.41, 5.74) is 5.49. The zero-order valence-corrected chi connectivity index (χ0v) is 10.0. The number of aliphatic hydroxyl groups excluding tert-OH is 2. The molecule has 0 amide bonds. The highest BCUT2D eigenvalue weighted by Gasteiger charge is 2.35. The molecule has 102 valence electrons. The molecule has 2 aromatic heterocycles. The van der Waals surface area contributed by atoms with E-state index in [1.54, 1.807) is 0 Å². The van der Waals surface area contributed by atoms with Gasteiger partial charge in [0, 0.05) is 12.5 Å². The highest BCUT2D eigenvalue weighted by Crippen LogP contribution is 2.35. The van der Waals surface area contributed by atoms with E-state index < -0.39 is 11.7 Å². The van der Waals surface area contributed by atoms with Crippen LogP contribution in [0.1, 0.15) is 18.9 Å². The summed E-state index contributed by atoms with van der Waals surface area (Å²) in [6.07, 6.45) is 0.413. The maximum absolute atomic E-state index is 11.6. The third-order valence-corrected chi connectivity index (χ3v) is 3.57. The minimum atomic E-state index is -0.589. The van der Waals surface area contributed by atoms with E-state index in [-0.39, 0.29) is 30.0 Å². The lowest BCUT2D eigenvalue weighted by Gasteiger charge is -2.09. The van der Waals surface area contributed by atoms with Crippen molar-refractivity contribution >= 4 is 17.1 Å². The van der Waals surface area contributed by atoms with Gasteiger partial charge in [-0.2, -0.15) is 4.98 Å². The van der Waals surface area contributed by atoms with Crippen LogP contribution in [0.15, 0.2) is 4.79 Å². The molecule has 5 N–H and O–H groups in total. The predicted molar refractivity (Wildman–Crippen MR) is 65.2 cm³/mol. The van der Waals surface area contributed by atoms with Crippen molar-refractivity contribution in [2.75, 3.05) is 12.3 Å². The molecular formula is C10H14N6O3. The molecule has 3 rings (SSSR count). The van der Waals surface area contributed by atoms with Crippen molar-refractivity contribution in [2.24, 2.45) is 5.92 Å². The van der Waals surface area contributed by atoms with Crippen molar-refractivity contribution in [3.63, 3.8) is 0 Å². The fourth-order valence-electron chi connectivity index (χ4n) is 2.57. The molecule has 0 radical (unpaired) electrons. The lowest BCUT2D eigenvalue weighted by molar-refractivity contribution is 0.0906. The van der Waals surface area contributed by atoms with Crippen LogP contribution in [-0.2, 0) is 0 Å². The lowest BCUT2D eigenvalue weighted by Crippen LogP contribution is -2.16. The van der Waals surface area contributed by atoms with Crippen molar-refractivity contribution in [1.82, 2.24) is 25.0 Å². The van der Waals surface area contributed by atoms with Gasteiger partial charge in [-0.25, -0.2) is 4.68 Å². The van der Waals surface area contributed by atoms with Gasteiger partial charge in [-0.05, 0) is 12.8 Å². The summed E-state index contributed by atoms with van der Waals surface area (Å²) in [6.45, 7) is -0.0829. The highest BCUT2D eigenvalue weighted by molar-refractivity contribution is 5.69. The Balaban J connectivity index is 2.05. The Labute approximate surface area is 107 Å². The first-order chi connectivity index (χ1) is 9.10. The van der Waals surface area contributed by atoms with Gasteiger partial charge in [0.15, 0.2) is 11.2 Å². The molecule has 0 aromatic carbocycles. The Morgan fingerprint density at radius 2 is 2.26 bits per heavy atom. The average molecular weight is 266 g/mol. The molecule has 9 nitrogen and oxygen atoms in total. The second kappa shape index (κ2) is 4.28. The Hall–Kier alpha value is -2.00. The third-order valence-electron chi connectivity index (χ3n) is 3.57. The van der Waals surface area contributed by atoms with E-state index in [1.165, 1.54) is 4.68 Å². The van der Waals surface area contributed by atoms with E-state index in [0.717, 1.165) is 0 Å². The van der Waals surface area contributed by atoms with Crippen LogP contribution in [0.25, 0.3) is 11.2 Å². The molecular weight excluding hydrogens is 252 g/mol. The maximum Gasteiger partial charge on any atom is 0.282 e. The third kappa shape index (κ3) is 1.87. The minimum absolute atomic E-state index is 0.00157. The van der Waals surface area contributed by atoms with Crippen LogP contribution < -0.4 is 11.3 Å². The molecule has 2 aromatic rings. The molecule has 3 atom stereocenters. The van der Waals surface area contributed by atoms with Crippen molar-refractivity contribution in [2.45, 2.75) is 25.0 Å². The number of nitrogen functional groups attached to an aromatic ring is 1. The number of anilines is 1. The van der Waals surface area contributed by atoms with Crippen LogP contribution in [-0.4, -0.2) is 47.9 Å². The number of aromatic amines is 1. The topological polar surface area (TPSA) is 143 Å². The van der Waals surface area contributed by atoms with E-state index in [1.807, 2.05) is 0 Å². The van der Waals surface area contributed by atoms with Crippen LogP contribution in [0.2, 0.25) is 0 Å². The minimum Gasteiger partial charge on any atom is -0.396 e. The van der Waals surface area contributed by atoms with Gasteiger partial charge in [0.25, 0.3) is 5.56 Å². The van der Waals surface area contributed by atoms with Crippen LogP contribution in [0.3, 0.4) is 0 Å². The number of H-pyrrole nitrogens is 1. The first kappa shape index (κ1) is 12.1. The average Bonchev–Trinajstić information content (AvgIpc) is 2.92. The van der Waals surface area contributed by atoms with Gasteiger partial charge in [-0.3, -0.25) is 9.78 Å². The van der Waals surface area contributed by atoms with E-state index in [9.17, 15) is 9.90 Å². The SMILES string of the molecule is Nc1nc2c(nnn2[C@H]2C[C@@H](CO)[C@H](O)C2)c(=O)[nH]1. The van der Waals surface area contributed by atoms with Crippen molar-refractivity contribution in [3.05, 3.63) is 10.4 Å². The Morgan fingerprint density at radius 1 is 1.47 bits per heavy atom. The van der Waals surface area contributed by atoms with E-state index in [0.29, 0.717) is 18.5 Å². The predicted octanol–water partition coefficient (Wildman–Crippen LogP) is -1.60. The molecule has 19 heavy (non-hydrogen) atoms. The number of hydrogen-bond donors (Lipinski definition) is 4. The first-order valence-electron chi connectivity index (χ1n) is 5.99. The molecule has 0 spiro atoms. The number of nitrogens with zero attached hydrogens (tertiary/aromatic N) is 4. The van der Waals surface area contributed by atoms with E-state index in [2.05, 4.69) is 20.3 Å². The molecule has 0 bridgehead atoms. The highest BCUT2D eigenvalue weighted by atomic mass is 16.3. The van der Waals surface area contributed by atoms with Crippen LogP contribution in [0, 0.1) is 5.92 Å². The quantitative estimate of drug-likeness (QED) is 0.512. The molecule has 1 aliphatic rings. The largest absolute Gasteiger partial charge is 0.396 e. The first-order valence-corrected chi connectivity index (χ1v) is 5.99. The van der Waals surface area contributed by atoms with Gasteiger partial charge in [0.05, 0.1) is 12.1 Å². The van der Waals surface area contributed by atoms with E-state index >= 15 is 0 Å². The normalized spacial score (nSPS) is 27.2. The molecule has 1 aliphatic carbocycles. The summed E-state index contributed by atoms with van der Waals surface area (Å²) in [4.78, 5) is 18.0. The molecule has 2 heterocycles. The monoisotopic (exact) mass is 266 g/mol. The molecule has 1 fully saturated rings. The summed E-state index contributed by atoms with van der Waals surface area (Å²) in [7, 11) is 0. The fourth-order valence-corrected chi connectivity index (χ4v) is 2.57. The fraction of sp³-hybridized carbons (Fsp3) is 0.600. The maximum atomic E-state index is 11.6. The smallest absolute Gasteiger partial charge is 0.282 e.